The Kier molecular flexibility index (Phi) is 5.77. The van der Waals surface area contributed by atoms with Gasteiger partial charge < -0.3 is 4.90 Å². The van der Waals surface area contributed by atoms with Crippen LogP contribution in [0.15, 0.2) is 17.0 Å². The van der Waals surface area contributed by atoms with E-state index < -0.39 is 0 Å². The Balaban J connectivity index is 2.36. The van der Waals surface area contributed by atoms with E-state index in [2.05, 4.69) is 22.4 Å². The van der Waals surface area contributed by atoms with Crippen LogP contribution >= 0.6 is 23.4 Å². The highest BCUT2D eigenvalue weighted by Gasteiger charge is 2.12. The molecule has 0 radical (unpaired) electrons. The number of hydrogen-bond acceptors (Lipinski definition) is 4. The number of hydrazine groups is 1. The Labute approximate surface area is 107 Å². The van der Waals surface area contributed by atoms with Crippen molar-refractivity contribution in [2.24, 2.45) is 5.10 Å². The lowest BCUT2D eigenvalue weighted by atomic mass is 10.2. The van der Waals surface area contributed by atoms with Crippen molar-refractivity contribution in [1.29, 1.82) is 0 Å². The van der Waals surface area contributed by atoms with Gasteiger partial charge in [-0.2, -0.15) is 0 Å². The standard InChI is InChI=1S/C10H18Cl2N4/c1-3-4-5-6-7-15(2)10-8-9(11)13-16(12)14-10/h8,14H,3-7H2,1-2H3. The highest BCUT2D eigenvalue weighted by molar-refractivity contribution is 6.68. The highest BCUT2D eigenvalue weighted by Crippen LogP contribution is 2.11. The van der Waals surface area contributed by atoms with E-state index in [1.165, 1.54) is 25.7 Å². The van der Waals surface area contributed by atoms with Crippen molar-refractivity contribution in [3.63, 3.8) is 0 Å². The minimum Gasteiger partial charge on any atom is -0.360 e. The molecule has 6 heteroatoms. The van der Waals surface area contributed by atoms with E-state index in [9.17, 15) is 0 Å². The van der Waals surface area contributed by atoms with Crippen molar-refractivity contribution < 1.29 is 0 Å². The number of hydrogen-bond donors (Lipinski definition) is 1. The molecule has 0 bridgehead atoms. The Morgan fingerprint density at radius 3 is 2.81 bits per heavy atom. The van der Waals surface area contributed by atoms with Gasteiger partial charge in [0.25, 0.3) is 0 Å². The molecular formula is C10H18Cl2N4. The summed E-state index contributed by atoms with van der Waals surface area (Å²) in [6, 6.07) is 0. The van der Waals surface area contributed by atoms with Crippen molar-refractivity contribution >= 4 is 28.5 Å². The van der Waals surface area contributed by atoms with E-state index >= 15 is 0 Å². The van der Waals surface area contributed by atoms with E-state index in [1.807, 2.05) is 7.05 Å². The number of nitrogens with zero attached hydrogens (tertiary/aromatic N) is 3. The second-order valence-electron chi connectivity index (χ2n) is 3.81. The molecule has 1 rings (SSSR count). The van der Waals surface area contributed by atoms with Gasteiger partial charge in [0.2, 0.25) is 0 Å². The zero-order valence-electron chi connectivity index (χ0n) is 9.71. The van der Waals surface area contributed by atoms with Crippen molar-refractivity contribution in [3.8, 4) is 0 Å². The molecule has 1 heterocycles. The second kappa shape index (κ2) is 6.86. The molecule has 0 spiro atoms. The molecule has 0 amide bonds. The molecule has 16 heavy (non-hydrogen) atoms. The van der Waals surface area contributed by atoms with E-state index in [-0.39, 0.29) is 0 Å². The number of rotatable bonds is 6. The van der Waals surface area contributed by atoms with Gasteiger partial charge in [0.15, 0.2) is 5.17 Å². The van der Waals surface area contributed by atoms with E-state index in [0.717, 1.165) is 17.0 Å². The quantitative estimate of drug-likeness (QED) is 0.591. The molecule has 4 nitrogen and oxygen atoms in total. The van der Waals surface area contributed by atoms with Crippen molar-refractivity contribution in [1.82, 2.24) is 15.0 Å². The smallest absolute Gasteiger partial charge is 0.156 e. The van der Waals surface area contributed by atoms with Gasteiger partial charge in [-0.05, 0) is 6.42 Å². The maximum Gasteiger partial charge on any atom is 0.156 e. The minimum absolute atomic E-state index is 0.379. The lowest BCUT2D eigenvalue weighted by Gasteiger charge is -2.27. The maximum absolute atomic E-state index is 5.81. The SMILES string of the molecule is CCCCCCN(C)C1=CC(Cl)=NN(Cl)N1. The van der Waals surface area contributed by atoms with Crippen LogP contribution in [0.2, 0.25) is 0 Å². The van der Waals surface area contributed by atoms with Crippen LogP contribution in [0, 0.1) is 0 Å². The number of allylic oxidation sites excluding steroid dienone is 1. The fraction of sp³-hybridized carbons (Fsp3) is 0.700. The average Bonchev–Trinajstić information content (AvgIpc) is 2.22. The zero-order valence-corrected chi connectivity index (χ0v) is 11.2. The first-order chi connectivity index (χ1) is 7.63. The molecule has 1 aliphatic rings. The molecule has 1 N–H and O–H groups in total. The summed E-state index contributed by atoms with van der Waals surface area (Å²) in [5.41, 5.74) is 2.90. The third kappa shape index (κ3) is 4.49. The number of nitrogens with one attached hydrogen (secondary N) is 1. The summed E-state index contributed by atoms with van der Waals surface area (Å²) in [6.07, 6.45) is 6.71. The maximum atomic E-state index is 5.81. The van der Waals surface area contributed by atoms with Crippen LogP contribution < -0.4 is 5.43 Å². The monoisotopic (exact) mass is 264 g/mol. The van der Waals surface area contributed by atoms with Crippen LogP contribution in [0.25, 0.3) is 0 Å². The summed E-state index contributed by atoms with van der Waals surface area (Å²) >= 11 is 11.5. The Morgan fingerprint density at radius 2 is 2.19 bits per heavy atom. The Bertz CT molecular complexity index is 278. The highest BCUT2D eigenvalue weighted by atomic mass is 35.5. The topological polar surface area (TPSA) is 30.9 Å². The summed E-state index contributed by atoms with van der Waals surface area (Å²) in [4.78, 5) is 2.09. The van der Waals surface area contributed by atoms with Crippen LogP contribution in [-0.4, -0.2) is 28.3 Å². The third-order valence-corrected chi connectivity index (χ3v) is 2.75. The van der Waals surface area contributed by atoms with Crippen LogP contribution in [0.4, 0.5) is 0 Å². The second-order valence-corrected chi connectivity index (χ2v) is 4.51. The average molecular weight is 265 g/mol. The molecule has 0 aromatic heterocycles. The van der Waals surface area contributed by atoms with E-state index in [4.69, 9.17) is 23.4 Å². The first-order valence-electron chi connectivity index (χ1n) is 5.53. The number of unbranched alkanes of at least 4 members (excludes halogenated alkanes) is 3. The van der Waals surface area contributed by atoms with Crippen molar-refractivity contribution in [2.45, 2.75) is 32.6 Å². The molecule has 1 aliphatic heterocycles. The minimum atomic E-state index is 0.379. The van der Waals surface area contributed by atoms with Gasteiger partial charge in [-0.15, -0.1) is 9.74 Å². The van der Waals surface area contributed by atoms with Crippen LogP contribution in [0.3, 0.4) is 0 Å². The van der Waals surface area contributed by atoms with Gasteiger partial charge in [0.1, 0.15) is 5.82 Å². The van der Waals surface area contributed by atoms with Gasteiger partial charge in [-0.25, -0.2) is 0 Å². The zero-order chi connectivity index (χ0) is 12.0. The number of halogens is 2. The van der Waals surface area contributed by atoms with Crippen LogP contribution in [0.1, 0.15) is 32.6 Å². The fourth-order valence-corrected chi connectivity index (χ4v) is 1.85. The van der Waals surface area contributed by atoms with Crippen molar-refractivity contribution in [3.05, 3.63) is 11.9 Å². The van der Waals surface area contributed by atoms with E-state index in [1.54, 1.807) is 6.08 Å². The lowest BCUT2D eigenvalue weighted by Crippen LogP contribution is -2.37. The summed E-state index contributed by atoms with van der Waals surface area (Å²) in [6.45, 7) is 3.18. The van der Waals surface area contributed by atoms with Crippen LogP contribution in [-0.2, 0) is 0 Å². The summed E-state index contributed by atoms with van der Waals surface area (Å²) in [5, 5.41) is 4.17. The molecule has 92 valence electrons. The number of hydrazone groups is 1. The Morgan fingerprint density at radius 1 is 1.44 bits per heavy atom. The summed E-state index contributed by atoms with van der Waals surface area (Å²) in [7, 11) is 2.00. The predicted molar refractivity (Wildman–Crippen MR) is 69.0 cm³/mol. The molecular weight excluding hydrogens is 247 g/mol. The van der Waals surface area contributed by atoms with Gasteiger partial charge >= 0.3 is 0 Å². The lowest BCUT2D eigenvalue weighted by molar-refractivity contribution is 0.288. The molecule has 0 atom stereocenters. The first-order valence-corrected chi connectivity index (χ1v) is 6.24. The summed E-state index contributed by atoms with van der Waals surface area (Å²) < 4.78 is 1.10. The molecule has 0 saturated carbocycles. The molecule has 0 aliphatic carbocycles. The third-order valence-electron chi connectivity index (χ3n) is 2.40. The van der Waals surface area contributed by atoms with Gasteiger partial charge in [0, 0.05) is 19.7 Å². The van der Waals surface area contributed by atoms with E-state index in [0.29, 0.717) is 5.17 Å². The van der Waals surface area contributed by atoms with Gasteiger partial charge in [-0.1, -0.05) is 37.8 Å². The molecule has 0 aromatic carbocycles. The van der Waals surface area contributed by atoms with Crippen LogP contribution in [0.5, 0.6) is 0 Å². The predicted octanol–water partition coefficient (Wildman–Crippen LogP) is 2.87. The van der Waals surface area contributed by atoms with Crippen molar-refractivity contribution in [2.75, 3.05) is 13.6 Å². The fourth-order valence-electron chi connectivity index (χ4n) is 1.47. The van der Waals surface area contributed by atoms with Gasteiger partial charge in [-0.3, -0.25) is 5.43 Å². The normalized spacial score (nSPS) is 15.4. The molecule has 0 aromatic rings. The molecule has 0 saturated heterocycles. The Hall–Kier alpha value is -0.610. The largest absolute Gasteiger partial charge is 0.360 e. The molecule has 0 unspecified atom stereocenters. The van der Waals surface area contributed by atoms with Gasteiger partial charge in [0.05, 0.1) is 11.8 Å². The molecule has 0 fully saturated rings. The first kappa shape index (κ1) is 13.5. The summed E-state index contributed by atoms with van der Waals surface area (Å²) in [5.74, 6) is 0.867.